The van der Waals surface area contributed by atoms with Gasteiger partial charge in [-0.25, -0.2) is 19.2 Å². The zero-order valence-corrected chi connectivity index (χ0v) is 30.5. The second kappa shape index (κ2) is 11.1. The monoisotopic (exact) mass is 744 g/mol. The third-order valence-corrected chi connectivity index (χ3v) is 14.4. The molecule has 6 aliphatic carbocycles. The molecule has 0 amide bonds. The highest BCUT2D eigenvalue weighted by atomic mass is 16.6. The number of fused-ring (bicyclic) bond motifs is 7. The number of methoxy groups -OCH3 is 1. The quantitative estimate of drug-likeness (QED) is 0.246. The topological polar surface area (TPSA) is 195 Å². The summed E-state index contributed by atoms with van der Waals surface area (Å²) in [7, 11) is 1.29. The van der Waals surface area contributed by atoms with Crippen LogP contribution in [0.4, 0.5) is 0 Å². The molecule has 1 spiro atoms. The third-order valence-electron chi connectivity index (χ3n) is 14.4. The van der Waals surface area contributed by atoms with Gasteiger partial charge in [-0.2, -0.15) is 0 Å². The van der Waals surface area contributed by atoms with Gasteiger partial charge in [0.05, 0.1) is 36.5 Å². The van der Waals surface area contributed by atoms with E-state index < -0.39 is 82.3 Å². The highest BCUT2D eigenvalue weighted by molar-refractivity contribution is 6.16. The molecule has 14 nitrogen and oxygen atoms in total. The van der Waals surface area contributed by atoms with E-state index in [2.05, 4.69) is 0 Å². The minimum atomic E-state index is -1.78. The number of allylic oxidation sites excluding steroid dienone is 1. The molecule has 1 N–H and O–H groups in total. The Labute approximate surface area is 309 Å². The number of rotatable bonds is 2. The molecule has 0 radical (unpaired) electrons. The first-order valence-corrected chi connectivity index (χ1v) is 18.4. The Morgan fingerprint density at radius 3 is 2.28 bits per heavy atom. The maximum Gasteiger partial charge on any atom is 0.347 e. The summed E-state index contributed by atoms with van der Waals surface area (Å²) in [6.45, 7) is 5.60. The molecule has 14 heteroatoms. The zero-order valence-electron chi connectivity index (χ0n) is 30.5. The van der Waals surface area contributed by atoms with E-state index in [1.165, 1.54) is 27.0 Å². The number of cyclic esters (lactones) is 5. The van der Waals surface area contributed by atoms with Gasteiger partial charge in [0.25, 0.3) is 0 Å². The van der Waals surface area contributed by atoms with Gasteiger partial charge in [-0.1, -0.05) is 13.0 Å². The van der Waals surface area contributed by atoms with Crippen LogP contribution >= 0.6 is 0 Å². The Morgan fingerprint density at radius 1 is 0.870 bits per heavy atom. The van der Waals surface area contributed by atoms with Crippen LogP contribution in [0.3, 0.4) is 0 Å². The van der Waals surface area contributed by atoms with Crippen molar-refractivity contribution >= 4 is 41.8 Å². The number of ether oxygens (including phenoxy) is 6. The fourth-order valence-electron chi connectivity index (χ4n) is 11.6. The van der Waals surface area contributed by atoms with Gasteiger partial charge in [0.1, 0.15) is 25.4 Å². The fraction of sp³-hybridized carbons (Fsp3) is 0.575. The molecule has 0 aromatic heterocycles. The van der Waals surface area contributed by atoms with E-state index in [4.69, 9.17) is 28.4 Å². The van der Waals surface area contributed by atoms with Gasteiger partial charge < -0.3 is 33.5 Å². The van der Waals surface area contributed by atoms with E-state index in [9.17, 15) is 38.7 Å². The second-order valence-electron chi connectivity index (χ2n) is 16.6. The lowest BCUT2D eigenvalue weighted by molar-refractivity contribution is -0.170. The Balaban J connectivity index is 1.29. The lowest BCUT2D eigenvalue weighted by atomic mass is 9.47. The molecule has 3 heterocycles. The van der Waals surface area contributed by atoms with Crippen molar-refractivity contribution in [2.24, 2.45) is 46.3 Å². The Morgan fingerprint density at radius 2 is 1.59 bits per heavy atom. The largest absolute Gasteiger partial charge is 0.468 e. The Hall–Kier alpha value is -4.85. The summed E-state index contributed by atoms with van der Waals surface area (Å²) in [5, 5.41) is 12.7. The zero-order chi connectivity index (χ0) is 38.4. The first-order valence-electron chi connectivity index (χ1n) is 18.4. The van der Waals surface area contributed by atoms with Crippen LogP contribution in [0.15, 0.2) is 56.7 Å². The normalized spacial score (nSPS) is 43.2. The molecule has 54 heavy (non-hydrogen) atoms. The predicted octanol–water partition coefficient (Wildman–Crippen LogP) is 2.44. The molecule has 0 aromatic carbocycles. The standard InChI is InChI=1S/C40H40O14/c1-16-8-9-50-27(41)6-7-28(42)51-14-20-22-13-25-37(3,23-12-24(23)39(25,48)15-52-32(16)43)26-11-19-18-10-21(18)38(4,36(47)49-5)30(19)31(40(22,26)54-34(20)45)29-17(2)33(44)53-35(29)46/h8,11,18,21,23-26,48H,6-7,9-10,12-15H2,1-5H3/b16-8+/t18-,21-,23-,24+,25-,26+,37+,38+,39+,40+/m1/s1. The van der Waals surface area contributed by atoms with E-state index in [1.54, 1.807) is 6.92 Å². The van der Waals surface area contributed by atoms with Gasteiger partial charge in [-0.3, -0.25) is 14.4 Å². The maximum absolute atomic E-state index is 14.4. The number of aliphatic hydroxyl groups is 1. The summed E-state index contributed by atoms with van der Waals surface area (Å²) in [4.78, 5) is 93.8. The molecule has 3 aliphatic heterocycles. The van der Waals surface area contributed by atoms with E-state index >= 15 is 0 Å². The average Bonchev–Trinajstić information content (AvgIpc) is 4.04. The molecule has 10 atom stereocenters. The molecule has 0 aromatic rings. The summed E-state index contributed by atoms with van der Waals surface area (Å²) in [5.41, 5.74) is -3.67. The van der Waals surface area contributed by atoms with Crippen molar-refractivity contribution in [3.63, 3.8) is 0 Å². The van der Waals surface area contributed by atoms with Crippen molar-refractivity contribution in [3.05, 3.63) is 56.7 Å². The fourth-order valence-corrected chi connectivity index (χ4v) is 11.6. The second-order valence-corrected chi connectivity index (χ2v) is 16.6. The SMILES string of the molecule is COC(=O)[C@]1(C)C2=C(C3=C(C)C(=O)OC3=O)[C@]34OC(=O)C5=C3C[C@H]3[C@](O)(COC(=O)/C(C)=C/COC(=O)CCC(=O)OC5)[C@H]5C[C@H]5[C@]3(C)[C@@H]4C=C2[C@H]2C[C@H]21. The van der Waals surface area contributed by atoms with Crippen molar-refractivity contribution in [1.82, 2.24) is 0 Å². The summed E-state index contributed by atoms with van der Waals surface area (Å²) >= 11 is 0. The van der Waals surface area contributed by atoms with Gasteiger partial charge in [-0.05, 0) is 91.9 Å². The van der Waals surface area contributed by atoms with Gasteiger partial charge >= 0.3 is 41.8 Å². The van der Waals surface area contributed by atoms with Crippen LogP contribution in [0.25, 0.3) is 0 Å². The minimum absolute atomic E-state index is 0.00485. The molecule has 9 aliphatic rings. The van der Waals surface area contributed by atoms with Crippen LogP contribution in [0.5, 0.6) is 0 Å². The third kappa shape index (κ3) is 4.23. The molecule has 0 unspecified atom stereocenters. The van der Waals surface area contributed by atoms with Crippen LogP contribution < -0.4 is 0 Å². The Kier molecular flexibility index (Phi) is 7.18. The van der Waals surface area contributed by atoms with Crippen LogP contribution in [0, 0.1) is 46.3 Å². The molecule has 0 saturated heterocycles. The first kappa shape index (κ1) is 34.9. The lowest BCUT2D eigenvalue weighted by Gasteiger charge is -2.58. The highest BCUT2D eigenvalue weighted by Gasteiger charge is 2.82. The van der Waals surface area contributed by atoms with Crippen LogP contribution in [-0.2, 0) is 62.0 Å². The lowest BCUT2D eigenvalue weighted by Crippen LogP contribution is -2.61. The number of esters is 7. The minimum Gasteiger partial charge on any atom is -0.468 e. The van der Waals surface area contributed by atoms with E-state index in [0.29, 0.717) is 24.0 Å². The predicted molar refractivity (Wildman–Crippen MR) is 179 cm³/mol. The van der Waals surface area contributed by atoms with E-state index in [1.807, 2.05) is 13.0 Å². The molecule has 5 fully saturated rings. The highest BCUT2D eigenvalue weighted by Crippen LogP contribution is 2.81. The van der Waals surface area contributed by atoms with Crippen LogP contribution in [0.1, 0.15) is 59.8 Å². The number of hydrogen-bond donors (Lipinski definition) is 1. The molecular weight excluding hydrogens is 704 g/mol. The summed E-state index contributed by atoms with van der Waals surface area (Å²) in [6, 6.07) is 0. The molecular formula is C40H40O14. The van der Waals surface area contributed by atoms with Gasteiger partial charge in [0, 0.05) is 28.6 Å². The number of carbonyl (C=O) groups is 7. The maximum atomic E-state index is 14.4. The molecule has 2 bridgehead atoms. The van der Waals surface area contributed by atoms with Crippen LogP contribution in [0.2, 0.25) is 0 Å². The van der Waals surface area contributed by atoms with Crippen molar-refractivity contribution in [3.8, 4) is 0 Å². The van der Waals surface area contributed by atoms with Gasteiger partial charge in [0.2, 0.25) is 0 Å². The average molecular weight is 745 g/mol. The van der Waals surface area contributed by atoms with Crippen molar-refractivity contribution in [1.29, 1.82) is 0 Å². The summed E-state index contributed by atoms with van der Waals surface area (Å²) in [5.74, 6) is -7.46. The van der Waals surface area contributed by atoms with Crippen molar-refractivity contribution in [2.75, 3.05) is 26.9 Å². The van der Waals surface area contributed by atoms with Gasteiger partial charge in [-0.15, -0.1) is 0 Å². The van der Waals surface area contributed by atoms with E-state index in [0.717, 1.165) is 5.57 Å². The smallest absolute Gasteiger partial charge is 0.347 e. The van der Waals surface area contributed by atoms with Gasteiger partial charge in [0.15, 0.2) is 5.60 Å². The van der Waals surface area contributed by atoms with Crippen LogP contribution in [-0.4, -0.2) is 85.0 Å². The Bertz CT molecular complexity index is 2100. The molecule has 9 rings (SSSR count). The van der Waals surface area contributed by atoms with Crippen molar-refractivity contribution < 1.29 is 67.1 Å². The number of carbonyl (C=O) groups excluding carboxylic acids is 7. The summed E-state index contributed by atoms with van der Waals surface area (Å²) in [6.07, 6.45) is 4.01. The first-order chi connectivity index (χ1) is 25.5. The molecule has 284 valence electrons. The van der Waals surface area contributed by atoms with Crippen molar-refractivity contribution in [2.45, 2.75) is 71.0 Å². The number of hydrogen-bond acceptors (Lipinski definition) is 14. The summed E-state index contributed by atoms with van der Waals surface area (Å²) < 4.78 is 33.7. The van der Waals surface area contributed by atoms with E-state index in [-0.39, 0.29) is 84.0 Å². The molecule has 5 saturated carbocycles.